The predicted molar refractivity (Wildman–Crippen MR) is 72.3 cm³/mol. The second-order valence-corrected chi connectivity index (χ2v) is 7.21. The molecule has 1 aliphatic rings. The van der Waals surface area contributed by atoms with E-state index in [1.807, 2.05) is 0 Å². The summed E-state index contributed by atoms with van der Waals surface area (Å²) in [4.78, 5) is 23.6. The molecule has 0 aromatic carbocycles. The fourth-order valence-corrected chi connectivity index (χ4v) is 4.48. The van der Waals surface area contributed by atoms with Crippen LogP contribution in [0.2, 0.25) is 0 Å². The fourth-order valence-electron chi connectivity index (χ4n) is 1.96. The number of carboxylic acids is 1. The van der Waals surface area contributed by atoms with Crippen LogP contribution in [0.25, 0.3) is 0 Å². The molecule has 0 saturated carbocycles. The maximum atomic E-state index is 12.3. The van der Waals surface area contributed by atoms with Gasteiger partial charge in [0.1, 0.15) is 4.88 Å². The molecule has 1 aliphatic heterocycles. The van der Waals surface area contributed by atoms with E-state index in [1.165, 1.54) is 22.7 Å². The SMILES string of the molecule is CC(=O)N1CCN(S(=O)(=O)c2csc(C(=O)O)c2)CC1. The summed E-state index contributed by atoms with van der Waals surface area (Å²) < 4.78 is 25.9. The molecule has 0 bridgehead atoms. The molecule has 0 spiro atoms. The molecular formula is C11H14N2O5S2. The standard InChI is InChI=1S/C11H14N2O5S2/c1-8(14)12-2-4-13(5-3-12)20(17,18)9-6-10(11(15)16)19-7-9/h6-7H,2-5H2,1H3,(H,15,16). The lowest BCUT2D eigenvalue weighted by Crippen LogP contribution is -2.49. The summed E-state index contributed by atoms with van der Waals surface area (Å²) in [6.45, 7) is 2.59. The van der Waals surface area contributed by atoms with Crippen LogP contribution in [0.3, 0.4) is 0 Å². The second-order valence-electron chi connectivity index (χ2n) is 4.36. The molecule has 1 saturated heterocycles. The van der Waals surface area contributed by atoms with Crippen LogP contribution in [0.1, 0.15) is 16.6 Å². The Labute approximate surface area is 120 Å². The number of sulfonamides is 1. The molecule has 1 aromatic rings. The Bertz CT molecular complexity index is 629. The number of piperazine rings is 1. The number of aromatic carboxylic acids is 1. The van der Waals surface area contributed by atoms with E-state index < -0.39 is 16.0 Å². The summed E-state index contributed by atoms with van der Waals surface area (Å²) in [5.74, 6) is -1.22. The highest BCUT2D eigenvalue weighted by molar-refractivity contribution is 7.89. The number of carbonyl (C=O) groups is 2. The Hall–Kier alpha value is -1.45. The van der Waals surface area contributed by atoms with Gasteiger partial charge in [-0.2, -0.15) is 4.31 Å². The minimum Gasteiger partial charge on any atom is -0.477 e. The van der Waals surface area contributed by atoms with Crippen LogP contribution in [-0.2, 0) is 14.8 Å². The highest BCUT2D eigenvalue weighted by Crippen LogP contribution is 2.23. The van der Waals surface area contributed by atoms with E-state index in [9.17, 15) is 18.0 Å². The fraction of sp³-hybridized carbons (Fsp3) is 0.455. The zero-order chi connectivity index (χ0) is 14.9. The van der Waals surface area contributed by atoms with Crippen molar-refractivity contribution in [3.05, 3.63) is 16.3 Å². The third-order valence-corrected chi connectivity index (χ3v) is 6.05. The molecule has 0 aliphatic carbocycles. The minimum atomic E-state index is -3.68. The number of thiophene rings is 1. The van der Waals surface area contributed by atoms with Crippen molar-refractivity contribution >= 4 is 33.2 Å². The average molecular weight is 318 g/mol. The van der Waals surface area contributed by atoms with Crippen molar-refractivity contribution in [2.45, 2.75) is 11.8 Å². The minimum absolute atomic E-state index is 0.00354. The molecule has 1 aromatic heterocycles. The normalized spacial score (nSPS) is 17.1. The first-order valence-electron chi connectivity index (χ1n) is 5.90. The third-order valence-electron chi connectivity index (χ3n) is 3.11. The number of hydrogen-bond acceptors (Lipinski definition) is 5. The van der Waals surface area contributed by atoms with Crippen molar-refractivity contribution in [2.75, 3.05) is 26.2 Å². The van der Waals surface area contributed by atoms with E-state index in [0.29, 0.717) is 13.1 Å². The van der Waals surface area contributed by atoms with Crippen molar-refractivity contribution in [1.29, 1.82) is 0 Å². The van der Waals surface area contributed by atoms with Crippen LogP contribution in [0.4, 0.5) is 0 Å². The zero-order valence-electron chi connectivity index (χ0n) is 10.8. The number of amides is 1. The quantitative estimate of drug-likeness (QED) is 0.865. The summed E-state index contributed by atoms with van der Waals surface area (Å²) in [7, 11) is -3.68. The van der Waals surface area contributed by atoms with Gasteiger partial charge in [0.05, 0.1) is 4.90 Å². The largest absolute Gasteiger partial charge is 0.477 e. The van der Waals surface area contributed by atoms with Crippen LogP contribution in [-0.4, -0.2) is 60.8 Å². The van der Waals surface area contributed by atoms with Gasteiger partial charge in [0.2, 0.25) is 15.9 Å². The maximum absolute atomic E-state index is 12.3. The molecule has 7 nitrogen and oxygen atoms in total. The molecule has 9 heteroatoms. The first kappa shape index (κ1) is 14.9. The Kier molecular flexibility index (Phi) is 4.11. The first-order valence-corrected chi connectivity index (χ1v) is 8.22. The van der Waals surface area contributed by atoms with Crippen molar-refractivity contribution in [3.8, 4) is 0 Å². The van der Waals surface area contributed by atoms with Gasteiger partial charge in [-0.15, -0.1) is 11.3 Å². The first-order chi connectivity index (χ1) is 9.32. The van der Waals surface area contributed by atoms with Gasteiger partial charge in [-0.25, -0.2) is 13.2 Å². The molecule has 20 heavy (non-hydrogen) atoms. The number of nitrogens with zero attached hydrogens (tertiary/aromatic N) is 2. The summed E-state index contributed by atoms with van der Waals surface area (Å²) in [6.07, 6.45) is 0. The lowest BCUT2D eigenvalue weighted by atomic mass is 10.3. The second kappa shape index (κ2) is 5.51. The van der Waals surface area contributed by atoms with Gasteiger partial charge >= 0.3 is 5.97 Å². The topological polar surface area (TPSA) is 95.0 Å². The van der Waals surface area contributed by atoms with E-state index >= 15 is 0 Å². The van der Waals surface area contributed by atoms with E-state index in [4.69, 9.17) is 5.11 Å². The monoisotopic (exact) mass is 318 g/mol. The predicted octanol–water partition coefficient (Wildman–Crippen LogP) is 0.299. The maximum Gasteiger partial charge on any atom is 0.345 e. The van der Waals surface area contributed by atoms with Gasteiger partial charge in [-0.05, 0) is 6.07 Å². The van der Waals surface area contributed by atoms with Crippen LogP contribution in [0.5, 0.6) is 0 Å². The molecule has 1 N–H and O–H groups in total. The molecule has 1 amide bonds. The summed E-state index contributed by atoms with van der Waals surface area (Å²) >= 11 is 0.884. The number of hydrogen-bond donors (Lipinski definition) is 1. The van der Waals surface area contributed by atoms with Crippen LogP contribution in [0.15, 0.2) is 16.3 Å². The summed E-state index contributed by atoms with van der Waals surface area (Å²) in [5, 5.41) is 10.2. The molecule has 0 unspecified atom stereocenters. The van der Waals surface area contributed by atoms with E-state index in [0.717, 1.165) is 11.3 Å². The molecule has 0 atom stereocenters. The van der Waals surface area contributed by atoms with Gasteiger partial charge in [0.15, 0.2) is 0 Å². The van der Waals surface area contributed by atoms with E-state index in [1.54, 1.807) is 4.90 Å². The van der Waals surface area contributed by atoms with Crippen molar-refractivity contribution in [1.82, 2.24) is 9.21 Å². The molecule has 0 radical (unpaired) electrons. The highest BCUT2D eigenvalue weighted by atomic mass is 32.2. The number of rotatable bonds is 3. The van der Waals surface area contributed by atoms with Gasteiger partial charge in [-0.1, -0.05) is 0 Å². The van der Waals surface area contributed by atoms with E-state index in [2.05, 4.69) is 0 Å². The smallest absolute Gasteiger partial charge is 0.345 e. The molecule has 110 valence electrons. The van der Waals surface area contributed by atoms with Crippen LogP contribution in [0, 0.1) is 0 Å². The Morgan fingerprint density at radius 1 is 1.25 bits per heavy atom. The van der Waals surface area contributed by atoms with Gasteiger partial charge in [0, 0.05) is 38.5 Å². The van der Waals surface area contributed by atoms with Crippen LogP contribution < -0.4 is 0 Å². The van der Waals surface area contributed by atoms with Gasteiger partial charge in [0.25, 0.3) is 0 Å². The summed E-state index contributed by atoms with van der Waals surface area (Å²) in [6, 6.07) is 1.17. The number of carboxylic acid groups (broad SMARTS) is 1. The van der Waals surface area contributed by atoms with Crippen molar-refractivity contribution in [3.63, 3.8) is 0 Å². The Balaban J connectivity index is 2.15. The highest BCUT2D eigenvalue weighted by Gasteiger charge is 2.30. The van der Waals surface area contributed by atoms with Crippen LogP contribution >= 0.6 is 11.3 Å². The molecule has 1 fully saturated rings. The van der Waals surface area contributed by atoms with E-state index in [-0.39, 0.29) is 28.8 Å². The molecule has 2 heterocycles. The van der Waals surface area contributed by atoms with Crippen molar-refractivity contribution < 1.29 is 23.1 Å². The van der Waals surface area contributed by atoms with Gasteiger partial charge in [-0.3, -0.25) is 4.79 Å². The third kappa shape index (κ3) is 2.84. The van der Waals surface area contributed by atoms with Crippen molar-refractivity contribution in [2.24, 2.45) is 0 Å². The van der Waals surface area contributed by atoms with Gasteiger partial charge < -0.3 is 10.0 Å². The zero-order valence-corrected chi connectivity index (χ0v) is 12.4. The number of carbonyl (C=O) groups excluding carboxylic acids is 1. The lowest BCUT2D eigenvalue weighted by molar-refractivity contribution is -0.129. The summed E-state index contributed by atoms with van der Waals surface area (Å²) in [5.41, 5.74) is 0. The Morgan fingerprint density at radius 2 is 1.85 bits per heavy atom. The lowest BCUT2D eigenvalue weighted by Gasteiger charge is -2.33. The average Bonchev–Trinajstić information content (AvgIpc) is 2.89. The Morgan fingerprint density at radius 3 is 2.30 bits per heavy atom. The molecular weight excluding hydrogens is 304 g/mol. The molecule has 2 rings (SSSR count).